The topological polar surface area (TPSA) is 105 Å². The fourth-order valence-corrected chi connectivity index (χ4v) is 5.10. The van der Waals surface area contributed by atoms with Crippen molar-refractivity contribution >= 4 is 18.0 Å². The number of aliphatic carboxylic acids is 1. The number of carbonyl (C=O) groups is 3. The molecule has 0 bridgehead atoms. The number of carbonyl (C=O) groups excluding carboxylic acids is 2. The summed E-state index contributed by atoms with van der Waals surface area (Å²) in [5.74, 6) is -1.41. The monoisotopic (exact) mass is 478 g/mol. The van der Waals surface area contributed by atoms with Crippen LogP contribution in [-0.4, -0.2) is 42.3 Å². The Labute approximate surface area is 206 Å². The first kappa shape index (κ1) is 24.8. The Morgan fingerprint density at radius 3 is 2.09 bits per heavy atom. The van der Waals surface area contributed by atoms with Crippen molar-refractivity contribution in [3.63, 3.8) is 0 Å². The Balaban J connectivity index is 1.35. The van der Waals surface area contributed by atoms with E-state index >= 15 is 0 Å². The number of hydrogen-bond donors (Lipinski definition) is 3. The zero-order chi connectivity index (χ0) is 25.2. The normalized spacial score (nSPS) is 16.9. The summed E-state index contributed by atoms with van der Waals surface area (Å²) in [7, 11) is 0. The second kappa shape index (κ2) is 9.72. The predicted octanol–water partition coefficient (Wildman–Crippen LogP) is 4.70. The Hall–Kier alpha value is -3.35. The van der Waals surface area contributed by atoms with E-state index < -0.39 is 23.5 Å². The van der Waals surface area contributed by atoms with Gasteiger partial charge in [0.1, 0.15) is 12.6 Å². The number of carboxylic acid groups (broad SMARTS) is 1. The molecule has 1 saturated carbocycles. The first-order chi connectivity index (χ1) is 16.6. The maximum atomic E-state index is 13.0. The average molecular weight is 479 g/mol. The van der Waals surface area contributed by atoms with Gasteiger partial charge in [-0.05, 0) is 46.9 Å². The second-order valence-corrected chi connectivity index (χ2v) is 10.9. The number of rotatable bonds is 8. The van der Waals surface area contributed by atoms with Crippen LogP contribution < -0.4 is 10.6 Å². The Morgan fingerprint density at radius 2 is 1.60 bits per heavy atom. The molecule has 2 aliphatic rings. The van der Waals surface area contributed by atoms with Crippen LogP contribution in [0.4, 0.5) is 4.79 Å². The number of ether oxygens (including phenoxy) is 1. The van der Waals surface area contributed by atoms with E-state index in [2.05, 4.69) is 34.9 Å². The number of fused-ring (bicyclic) bond motifs is 3. The van der Waals surface area contributed by atoms with E-state index in [0.29, 0.717) is 19.3 Å². The van der Waals surface area contributed by atoms with Crippen molar-refractivity contribution in [3.8, 4) is 11.1 Å². The summed E-state index contributed by atoms with van der Waals surface area (Å²) in [6.07, 6.45) is 1.81. The molecule has 0 spiro atoms. The third kappa shape index (κ3) is 5.34. The molecule has 7 nitrogen and oxygen atoms in total. The van der Waals surface area contributed by atoms with Crippen LogP contribution in [0.1, 0.15) is 63.5 Å². The van der Waals surface area contributed by atoms with Gasteiger partial charge >= 0.3 is 12.1 Å². The molecule has 0 radical (unpaired) electrons. The molecular weight excluding hydrogens is 444 g/mol. The lowest BCUT2D eigenvalue weighted by molar-refractivity contribution is -0.146. The second-order valence-electron chi connectivity index (χ2n) is 10.9. The smallest absolute Gasteiger partial charge is 0.407 e. The fraction of sp³-hybridized carbons (Fsp3) is 0.464. The molecule has 0 heterocycles. The molecule has 0 aromatic heterocycles. The van der Waals surface area contributed by atoms with E-state index in [0.717, 1.165) is 28.7 Å². The summed E-state index contributed by atoms with van der Waals surface area (Å²) < 4.78 is 5.59. The maximum Gasteiger partial charge on any atom is 0.407 e. The van der Waals surface area contributed by atoms with E-state index in [1.54, 1.807) is 0 Å². The highest BCUT2D eigenvalue weighted by Crippen LogP contribution is 2.44. The van der Waals surface area contributed by atoms with E-state index in [4.69, 9.17) is 4.74 Å². The number of hydrogen-bond acceptors (Lipinski definition) is 4. The highest BCUT2D eigenvalue weighted by atomic mass is 16.5. The van der Waals surface area contributed by atoms with Crippen molar-refractivity contribution in [2.75, 3.05) is 13.2 Å². The summed E-state index contributed by atoms with van der Waals surface area (Å²) in [4.78, 5) is 37.3. The van der Waals surface area contributed by atoms with Crippen LogP contribution >= 0.6 is 0 Å². The molecule has 1 unspecified atom stereocenters. The molecule has 7 heteroatoms. The highest BCUT2D eigenvalue weighted by molar-refractivity contribution is 5.88. The summed E-state index contributed by atoms with van der Waals surface area (Å²) in [6, 6.07) is 15.3. The Kier molecular flexibility index (Phi) is 6.88. The quantitative estimate of drug-likeness (QED) is 0.510. The molecule has 4 rings (SSSR count). The van der Waals surface area contributed by atoms with Gasteiger partial charge in [-0.15, -0.1) is 0 Å². The molecule has 2 amide bonds. The lowest BCUT2D eigenvalue weighted by Gasteiger charge is -2.41. The molecule has 0 aliphatic heterocycles. The van der Waals surface area contributed by atoms with Gasteiger partial charge in [0.25, 0.3) is 0 Å². The molecule has 1 fully saturated rings. The van der Waals surface area contributed by atoms with Crippen molar-refractivity contribution in [2.24, 2.45) is 10.8 Å². The minimum absolute atomic E-state index is 0.0390. The van der Waals surface area contributed by atoms with E-state index in [-0.39, 0.29) is 30.4 Å². The van der Waals surface area contributed by atoms with E-state index in [1.165, 1.54) is 0 Å². The van der Waals surface area contributed by atoms with E-state index in [1.807, 2.05) is 45.0 Å². The molecule has 3 N–H and O–H groups in total. The van der Waals surface area contributed by atoms with Gasteiger partial charge in [0, 0.05) is 12.5 Å². The molecule has 2 aromatic rings. The van der Waals surface area contributed by atoms with Crippen LogP contribution in [0.2, 0.25) is 0 Å². The van der Waals surface area contributed by atoms with Crippen LogP contribution in [0.5, 0.6) is 0 Å². The first-order valence-corrected chi connectivity index (χ1v) is 12.2. The van der Waals surface area contributed by atoms with Crippen molar-refractivity contribution in [1.82, 2.24) is 10.6 Å². The van der Waals surface area contributed by atoms with Crippen molar-refractivity contribution in [2.45, 2.75) is 58.4 Å². The van der Waals surface area contributed by atoms with Gasteiger partial charge in [-0.2, -0.15) is 0 Å². The van der Waals surface area contributed by atoms with Gasteiger partial charge in [0.05, 0.1) is 5.41 Å². The SMILES string of the molecule is CC(C)(C)CC(NC(=O)C1(CNC(=O)OCC2c3ccccc3-c3ccccc32)CCC1)C(=O)O. The minimum atomic E-state index is -1.05. The maximum absolute atomic E-state index is 13.0. The van der Waals surface area contributed by atoms with Gasteiger partial charge in [0.15, 0.2) is 0 Å². The Morgan fingerprint density at radius 1 is 1.03 bits per heavy atom. The number of nitrogens with one attached hydrogen (secondary N) is 2. The van der Waals surface area contributed by atoms with Gasteiger partial charge in [-0.25, -0.2) is 9.59 Å². The third-order valence-electron chi connectivity index (χ3n) is 7.13. The minimum Gasteiger partial charge on any atom is -0.480 e. The first-order valence-electron chi connectivity index (χ1n) is 12.2. The molecule has 1 atom stereocenters. The zero-order valence-electron chi connectivity index (χ0n) is 20.6. The molecule has 2 aromatic carbocycles. The lowest BCUT2D eigenvalue weighted by Crippen LogP contribution is -2.56. The molecule has 186 valence electrons. The van der Waals surface area contributed by atoms with Crippen LogP contribution in [0.25, 0.3) is 11.1 Å². The van der Waals surface area contributed by atoms with Crippen molar-refractivity contribution in [3.05, 3.63) is 59.7 Å². The van der Waals surface area contributed by atoms with Gasteiger partial charge in [-0.1, -0.05) is 75.7 Å². The van der Waals surface area contributed by atoms with Crippen molar-refractivity contribution in [1.29, 1.82) is 0 Å². The van der Waals surface area contributed by atoms with Crippen LogP contribution in [-0.2, 0) is 14.3 Å². The largest absolute Gasteiger partial charge is 0.480 e. The molecule has 35 heavy (non-hydrogen) atoms. The zero-order valence-corrected chi connectivity index (χ0v) is 20.6. The van der Waals surface area contributed by atoms with Gasteiger partial charge in [-0.3, -0.25) is 4.79 Å². The highest BCUT2D eigenvalue weighted by Gasteiger charge is 2.46. The van der Waals surface area contributed by atoms with Crippen LogP contribution in [0.3, 0.4) is 0 Å². The summed E-state index contributed by atoms with van der Waals surface area (Å²) in [6.45, 7) is 6.13. The summed E-state index contributed by atoms with van der Waals surface area (Å²) >= 11 is 0. The van der Waals surface area contributed by atoms with E-state index in [9.17, 15) is 19.5 Å². The van der Waals surface area contributed by atoms with Crippen LogP contribution in [0.15, 0.2) is 48.5 Å². The average Bonchev–Trinajstić information content (AvgIpc) is 3.09. The van der Waals surface area contributed by atoms with Gasteiger partial charge < -0.3 is 20.5 Å². The Bertz CT molecular complexity index is 1070. The third-order valence-corrected chi connectivity index (χ3v) is 7.13. The summed E-state index contributed by atoms with van der Waals surface area (Å²) in [5, 5.41) is 15.0. The molecule has 0 saturated heterocycles. The predicted molar refractivity (Wildman–Crippen MR) is 133 cm³/mol. The number of carboxylic acids is 1. The number of benzene rings is 2. The number of alkyl carbamates (subject to hydrolysis) is 1. The lowest BCUT2D eigenvalue weighted by atomic mass is 9.67. The van der Waals surface area contributed by atoms with Gasteiger partial charge in [0.2, 0.25) is 5.91 Å². The standard InChI is InChI=1S/C28H34N2O5/c1-27(2,3)15-23(24(31)32)30-25(33)28(13-8-14-28)17-29-26(34)35-16-22-20-11-6-4-9-18(20)19-10-5-7-12-21(19)22/h4-7,9-12,22-23H,8,13-17H2,1-3H3,(H,29,34)(H,30,33)(H,31,32). The summed E-state index contributed by atoms with van der Waals surface area (Å²) in [5.41, 5.74) is 3.54. The number of amides is 2. The van der Waals surface area contributed by atoms with Crippen LogP contribution in [0, 0.1) is 10.8 Å². The fourth-order valence-electron chi connectivity index (χ4n) is 5.10. The molecular formula is C28H34N2O5. The molecule has 2 aliphatic carbocycles. The van der Waals surface area contributed by atoms with Crippen molar-refractivity contribution < 1.29 is 24.2 Å².